The van der Waals surface area contributed by atoms with Crippen LogP contribution in [0, 0.1) is 0 Å². The van der Waals surface area contributed by atoms with Gasteiger partial charge in [0.05, 0.1) is 4.88 Å². The fourth-order valence-corrected chi connectivity index (χ4v) is 2.86. The van der Waals surface area contributed by atoms with Crippen molar-refractivity contribution in [3.05, 3.63) is 34.2 Å². The number of carbonyl (C=O) groups is 2. The molecule has 24 heavy (non-hydrogen) atoms. The summed E-state index contributed by atoms with van der Waals surface area (Å²) in [5.41, 5.74) is 0.290. The second kappa shape index (κ2) is 8.60. The Morgan fingerprint density at radius 3 is 2.67 bits per heavy atom. The number of hydrogen-bond donors (Lipinski definition) is 2. The molecule has 0 aliphatic rings. The monoisotopic (exact) mass is 349 g/mol. The molecule has 0 saturated carbocycles. The Balaban J connectivity index is 1.92. The van der Waals surface area contributed by atoms with Crippen molar-refractivity contribution >= 4 is 29.0 Å². The molecule has 2 rings (SSSR count). The van der Waals surface area contributed by atoms with Gasteiger partial charge in [-0.3, -0.25) is 14.3 Å². The van der Waals surface area contributed by atoms with Gasteiger partial charge >= 0.3 is 0 Å². The Labute approximate surface area is 145 Å². The minimum absolute atomic E-state index is 0.207. The zero-order valence-corrected chi connectivity index (χ0v) is 15.0. The number of likely N-dealkylation sites (N-methyl/N-ethyl adjacent to an activating group) is 1. The Kier molecular flexibility index (Phi) is 6.51. The standard InChI is InChI=1S/C16H23N5O2S/c1-4-21(5-2)9-8-17-15(22)12-11-14(20(3)19-12)18-16(23)13-7-6-10-24-13/h6-7,10-11H,4-5,8-9H2,1-3H3,(H,17,22)(H,18,23). The maximum Gasteiger partial charge on any atom is 0.271 e. The van der Waals surface area contributed by atoms with E-state index < -0.39 is 0 Å². The van der Waals surface area contributed by atoms with Gasteiger partial charge in [0.15, 0.2) is 5.69 Å². The summed E-state index contributed by atoms with van der Waals surface area (Å²) in [4.78, 5) is 27.1. The Hall–Kier alpha value is -2.19. The van der Waals surface area contributed by atoms with Crippen LogP contribution in [0.15, 0.2) is 23.6 Å². The van der Waals surface area contributed by atoms with Crippen LogP contribution in [0.4, 0.5) is 5.82 Å². The molecule has 0 spiro atoms. The van der Waals surface area contributed by atoms with E-state index in [1.54, 1.807) is 19.2 Å². The lowest BCUT2D eigenvalue weighted by molar-refractivity contribution is 0.0942. The lowest BCUT2D eigenvalue weighted by atomic mass is 10.3. The summed E-state index contributed by atoms with van der Waals surface area (Å²) in [5, 5.41) is 11.6. The number of nitrogens with zero attached hydrogens (tertiary/aromatic N) is 3. The summed E-state index contributed by atoms with van der Waals surface area (Å²) in [6, 6.07) is 5.15. The Bertz CT molecular complexity index is 677. The van der Waals surface area contributed by atoms with Gasteiger partial charge in [0.1, 0.15) is 5.82 Å². The molecular weight excluding hydrogens is 326 g/mol. The molecular formula is C16H23N5O2S. The van der Waals surface area contributed by atoms with E-state index in [4.69, 9.17) is 0 Å². The van der Waals surface area contributed by atoms with Crippen molar-refractivity contribution < 1.29 is 9.59 Å². The highest BCUT2D eigenvalue weighted by molar-refractivity contribution is 7.12. The number of carbonyl (C=O) groups excluding carboxylic acids is 2. The van der Waals surface area contributed by atoms with Crippen molar-refractivity contribution in [1.82, 2.24) is 20.0 Å². The topological polar surface area (TPSA) is 79.3 Å². The van der Waals surface area contributed by atoms with E-state index in [0.29, 0.717) is 22.9 Å². The van der Waals surface area contributed by atoms with Gasteiger partial charge in [-0.25, -0.2) is 0 Å². The lowest BCUT2D eigenvalue weighted by Gasteiger charge is -2.17. The first-order valence-corrected chi connectivity index (χ1v) is 8.82. The summed E-state index contributed by atoms with van der Waals surface area (Å²) >= 11 is 1.36. The smallest absolute Gasteiger partial charge is 0.271 e. The molecule has 7 nitrogen and oxygen atoms in total. The molecule has 0 aliphatic carbocycles. The minimum atomic E-state index is -0.241. The second-order valence-electron chi connectivity index (χ2n) is 5.25. The zero-order valence-electron chi connectivity index (χ0n) is 14.2. The maximum atomic E-state index is 12.2. The summed E-state index contributed by atoms with van der Waals surface area (Å²) in [6.45, 7) is 7.45. The van der Waals surface area contributed by atoms with Crippen molar-refractivity contribution in [2.24, 2.45) is 7.05 Å². The molecule has 2 heterocycles. The summed E-state index contributed by atoms with van der Waals surface area (Å²) in [6.07, 6.45) is 0. The predicted octanol–water partition coefficient (Wildman–Crippen LogP) is 1.81. The van der Waals surface area contributed by atoms with Gasteiger partial charge in [-0.05, 0) is 24.5 Å². The number of aryl methyl sites for hydroxylation is 1. The molecule has 2 aromatic heterocycles. The van der Waals surface area contributed by atoms with Crippen LogP contribution in [0.2, 0.25) is 0 Å². The lowest BCUT2D eigenvalue weighted by Crippen LogP contribution is -2.35. The fraction of sp³-hybridized carbons (Fsp3) is 0.438. The largest absolute Gasteiger partial charge is 0.349 e. The maximum absolute atomic E-state index is 12.2. The molecule has 0 radical (unpaired) electrons. The van der Waals surface area contributed by atoms with E-state index >= 15 is 0 Å². The van der Waals surface area contributed by atoms with Crippen LogP contribution < -0.4 is 10.6 Å². The number of rotatable bonds is 8. The summed E-state index contributed by atoms with van der Waals surface area (Å²) < 4.78 is 1.49. The third kappa shape index (κ3) is 4.65. The van der Waals surface area contributed by atoms with Gasteiger partial charge in [-0.1, -0.05) is 19.9 Å². The molecule has 2 amide bonds. The number of aromatic nitrogens is 2. The van der Waals surface area contributed by atoms with Crippen LogP contribution in [0.3, 0.4) is 0 Å². The van der Waals surface area contributed by atoms with E-state index in [0.717, 1.165) is 19.6 Å². The quantitative estimate of drug-likeness (QED) is 0.762. The van der Waals surface area contributed by atoms with Gasteiger partial charge < -0.3 is 15.5 Å². The molecule has 2 N–H and O–H groups in total. The van der Waals surface area contributed by atoms with Crippen LogP contribution in [0.25, 0.3) is 0 Å². The molecule has 8 heteroatoms. The SMILES string of the molecule is CCN(CC)CCNC(=O)c1cc(NC(=O)c2cccs2)n(C)n1. The normalized spacial score (nSPS) is 10.8. The first-order valence-electron chi connectivity index (χ1n) is 7.94. The first-order chi connectivity index (χ1) is 11.5. The molecule has 0 aliphatic heterocycles. The van der Waals surface area contributed by atoms with E-state index in [9.17, 15) is 9.59 Å². The average molecular weight is 349 g/mol. The van der Waals surface area contributed by atoms with Crippen LogP contribution in [-0.4, -0.2) is 52.7 Å². The molecule has 0 atom stereocenters. The number of hydrogen-bond acceptors (Lipinski definition) is 5. The van der Waals surface area contributed by atoms with Crippen molar-refractivity contribution in [3.8, 4) is 0 Å². The van der Waals surface area contributed by atoms with E-state index in [1.807, 2.05) is 11.4 Å². The van der Waals surface area contributed by atoms with Crippen LogP contribution in [0.5, 0.6) is 0 Å². The number of amides is 2. The van der Waals surface area contributed by atoms with Gasteiger partial charge in [0.25, 0.3) is 11.8 Å². The van der Waals surface area contributed by atoms with E-state index in [-0.39, 0.29) is 11.8 Å². The molecule has 130 valence electrons. The third-order valence-corrected chi connectivity index (χ3v) is 4.58. The highest BCUT2D eigenvalue weighted by atomic mass is 32.1. The van der Waals surface area contributed by atoms with Crippen molar-refractivity contribution in [3.63, 3.8) is 0 Å². The number of thiophene rings is 1. The molecule has 0 aromatic carbocycles. The van der Waals surface area contributed by atoms with Gasteiger partial charge in [-0.15, -0.1) is 11.3 Å². The van der Waals surface area contributed by atoms with Gasteiger partial charge in [0.2, 0.25) is 0 Å². The van der Waals surface area contributed by atoms with Crippen LogP contribution >= 0.6 is 11.3 Å². The second-order valence-corrected chi connectivity index (χ2v) is 6.20. The molecule has 2 aromatic rings. The van der Waals surface area contributed by atoms with Gasteiger partial charge in [-0.2, -0.15) is 5.10 Å². The first kappa shape index (κ1) is 18.2. The van der Waals surface area contributed by atoms with Crippen molar-refractivity contribution in [2.45, 2.75) is 13.8 Å². The third-order valence-electron chi connectivity index (χ3n) is 3.71. The Morgan fingerprint density at radius 2 is 2.04 bits per heavy atom. The van der Waals surface area contributed by atoms with E-state index in [1.165, 1.54) is 16.0 Å². The van der Waals surface area contributed by atoms with Gasteiger partial charge in [0, 0.05) is 26.2 Å². The number of anilines is 1. The van der Waals surface area contributed by atoms with Crippen molar-refractivity contribution in [1.29, 1.82) is 0 Å². The summed E-state index contributed by atoms with van der Waals surface area (Å²) in [5.74, 6) is 0.0400. The van der Waals surface area contributed by atoms with Crippen LogP contribution in [-0.2, 0) is 7.05 Å². The fourth-order valence-electron chi connectivity index (χ4n) is 2.24. The zero-order chi connectivity index (χ0) is 17.5. The average Bonchev–Trinajstić information content (AvgIpc) is 3.22. The molecule has 0 bridgehead atoms. The highest BCUT2D eigenvalue weighted by Crippen LogP contribution is 2.14. The van der Waals surface area contributed by atoms with E-state index in [2.05, 4.69) is 34.5 Å². The highest BCUT2D eigenvalue weighted by Gasteiger charge is 2.15. The Morgan fingerprint density at radius 1 is 1.29 bits per heavy atom. The summed E-state index contributed by atoms with van der Waals surface area (Å²) in [7, 11) is 1.69. The molecule has 0 fully saturated rings. The number of nitrogens with one attached hydrogen (secondary N) is 2. The predicted molar refractivity (Wildman–Crippen MR) is 95.6 cm³/mol. The molecule has 0 unspecified atom stereocenters. The minimum Gasteiger partial charge on any atom is -0.349 e. The van der Waals surface area contributed by atoms with Crippen LogP contribution in [0.1, 0.15) is 34.0 Å². The molecule has 0 saturated heterocycles. The van der Waals surface area contributed by atoms with Crippen molar-refractivity contribution in [2.75, 3.05) is 31.5 Å².